The van der Waals surface area contributed by atoms with Gasteiger partial charge in [-0.2, -0.15) is 0 Å². The smallest absolute Gasteiger partial charge is 0.226 e. The molecular formula is C12H12ClNO2. The van der Waals surface area contributed by atoms with Gasteiger partial charge in [0.05, 0.1) is 0 Å². The van der Waals surface area contributed by atoms with Crippen LogP contribution in [-0.4, -0.2) is 12.1 Å². The predicted molar refractivity (Wildman–Crippen MR) is 62.3 cm³/mol. The Morgan fingerprint density at radius 1 is 1.31 bits per heavy atom. The summed E-state index contributed by atoms with van der Waals surface area (Å²) in [5, 5.41) is 0. The van der Waals surface area contributed by atoms with Crippen molar-refractivity contribution in [2.45, 2.75) is 12.5 Å². The number of methoxy groups -OCH3 is 1. The molecule has 0 saturated heterocycles. The van der Waals surface area contributed by atoms with Gasteiger partial charge in [-0.05, 0) is 19.1 Å². The summed E-state index contributed by atoms with van der Waals surface area (Å²) in [4.78, 5) is 4.33. The summed E-state index contributed by atoms with van der Waals surface area (Å²) in [5.74, 6) is 1.25. The number of alkyl halides is 1. The molecule has 1 atom stereocenters. The van der Waals surface area contributed by atoms with Crippen LogP contribution in [0.5, 0.6) is 0 Å². The van der Waals surface area contributed by atoms with E-state index >= 15 is 0 Å². The summed E-state index contributed by atoms with van der Waals surface area (Å²) in [7, 11) is 1.54. The molecule has 16 heavy (non-hydrogen) atoms. The molecule has 4 heteroatoms. The van der Waals surface area contributed by atoms with E-state index in [4.69, 9.17) is 20.8 Å². The molecule has 0 aliphatic rings. The lowest BCUT2D eigenvalue weighted by atomic mass is 10.2. The predicted octanol–water partition coefficient (Wildman–Crippen LogP) is 3.53. The third-order valence-electron chi connectivity index (χ3n) is 2.28. The second kappa shape index (κ2) is 4.68. The van der Waals surface area contributed by atoms with Gasteiger partial charge >= 0.3 is 0 Å². The van der Waals surface area contributed by atoms with E-state index in [-0.39, 0.29) is 0 Å². The fourth-order valence-electron chi connectivity index (χ4n) is 1.43. The summed E-state index contributed by atoms with van der Waals surface area (Å²) in [6.45, 7) is 1.82. The van der Waals surface area contributed by atoms with Gasteiger partial charge in [0.25, 0.3) is 0 Å². The maximum absolute atomic E-state index is 5.95. The van der Waals surface area contributed by atoms with Crippen LogP contribution in [-0.2, 0) is 4.74 Å². The first-order valence-corrected chi connectivity index (χ1v) is 5.35. The van der Waals surface area contributed by atoms with E-state index in [1.54, 1.807) is 0 Å². The molecule has 3 nitrogen and oxygen atoms in total. The van der Waals surface area contributed by atoms with Gasteiger partial charge in [-0.3, -0.25) is 0 Å². The molecule has 2 rings (SSSR count). The van der Waals surface area contributed by atoms with Crippen LogP contribution < -0.4 is 0 Å². The molecule has 1 aromatic heterocycles. The summed E-state index contributed by atoms with van der Waals surface area (Å²) in [6, 6.07) is 9.68. The van der Waals surface area contributed by atoms with Crippen molar-refractivity contribution < 1.29 is 9.15 Å². The molecule has 0 N–H and O–H groups in total. The fraction of sp³-hybridized carbons (Fsp3) is 0.250. The van der Waals surface area contributed by atoms with E-state index in [1.807, 2.05) is 37.3 Å². The van der Waals surface area contributed by atoms with Crippen LogP contribution >= 0.6 is 11.6 Å². The number of hydrogen-bond acceptors (Lipinski definition) is 3. The highest BCUT2D eigenvalue weighted by Crippen LogP contribution is 2.28. The van der Waals surface area contributed by atoms with E-state index < -0.39 is 5.56 Å². The van der Waals surface area contributed by atoms with Gasteiger partial charge in [-0.1, -0.05) is 29.8 Å². The Labute approximate surface area is 99.0 Å². The first-order valence-electron chi connectivity index (χ1n) is 4.92. The minimum Gasteiger partial charge on any atom is -0.441 e. The van der Waals surface area contributed by atoms with Crippen molar-refractivity contribution in [3.8, 4) is 11.5 Å². The molecular weight excluding hydrogens is 226 g/mol. The minimum atomic E-state index is -0.568. The Bertz CT molecular complexity index is 467. The Hall–Kier alpha value is -1.32. The minimum absolute atomic E-state index is 0.566. The number of oxazole rings is 1. The molecule has 0 aliphatic carbocycles. The van der Waals surface area contributed by atoms with Crippen LogP contribution in [0.3, 0.4) is 0 Å². The maximum Gasteiger partial charge on any atom is 0.226 e. The normalized spacial score (nSPS) is 12.7. The third kappa shape index (κ3) is 2.10. The van der Waals surface area contributed by atoms with Crippen molar-refractivity contribution in [1.29, 1.82) is 0 Å². The van der Waals surface area contributed by atoms with E-state index in [0.717, 1.165) is 5.56 Å². The number of aromatic nitrogens is 1. The van der Waals surface area contributed by atoms with E-state index in [1.165, 1.54) is 7.11 Å². The van der Waals surface area contributed by atoms with Gasteiger partial charge in [0.15, 0.2) is 5.56 Å². The van der Waals surface area contributed by atoms with Crippen LogP contribution in [0.1, 0.15) is 17.0 Å². The summed E-state index contributed by atoms with van der Waals surface area (Å²) >= 11 is 5.95. The van der Waals surface area contributed by atoms with Gasteiger partial charge < -0.3 is 9.15 Å². The molecule has 1 aromatic carbocycles. The zero-order chi connectivity index (χ0) is 11.5. The van der Waals surface area contributed by atoms with Crippen molar-refractivity contribution >= 4 is 11.6 Å². The first kappa shape index (κ1) is 11.2. The molecule has 0 amide bonds. The topological polar surface area (TPSA) is 35.3 Å². The molecule has 0 saturated carbocycles. The lowest BCUT2D eigenvalue weighted by Crippen LogP contribution is -1.95. The molecule has 0 aliphatic heterocycles. The first-order chi connectivity index (χ1) is 7.72. The number of benzene rings is 1. The van der Waals surface area contributed by atoms with Crippen molar-refractivity contribution in [2.24, 2.45) is 0 Å². The molecule has 0 spiro atoms. The van der Waals surface area contributed by atoms with Crippen LogP contribution in [0.15, 0.2) is 34.7 Å². The number of aryl methyl sites for hydroxylation is 1. The van der Waals surface area contributed by atoms with E-state index in [2.05, 4.69) is 4.98 Å². The van der Waals surface area contributed by atoms with E-state index in [9.17, 15) is 0 Å². The molecule has 0 radical (unpaired) electrons. The van der Waals surface area contributed by atoms with Gasteiger partial charge in [0.1, 0.15) is 11.5 Å². The number of nitrogens with zero attached hydrogens (tertiary/aromatic N) is 1. The zero-order valence-corrected chi connectivity index (χ0v) is 9.86. The molecule has 2 aromatic rings. The maximum atomic E-state index is 5.95. The fourth-order valence-corrected chi connectivity index (χ4v) is 1.64. The summed E-state index contributed by atoms with van der Waals surface area (Å²) in [5.41, 5.74) is 0.987. The lowest BCUT2D eigenvalue weighted by Gasteiger charge is -2.02. The number of hydrogen-bond donors (Lipinski definition) is 0. The SMILES string of the molecule is COC(Cl)c1nc(-c2ccccc2)oc1C. The lowest BCUT2D eigenvalue weighted by molar-refractivity contribution is 0.165. The standard InChI is InChI=1S/C12H12ClNO2/c1-8-10(11(13)15-2)14-12(16-8)9-6-4-3-5-7-9/h3-7,11H,1-2H3. The Morgan fingerprint density at radius 3 is 2.62 bits per heavy atom. The Kier molecular flexibility index (Phi) is 3.27. The molecule has 0 fully saturated rings. The number of ether oxygens (including phenoxy) is 1. The van der Waals surface area contributed by atoms with Crippen molar-refractivity contribution in [3.05, 3.63) is 41.8 Å². The van der Waals surface area contributed by atoms with Gasteiger partial charge in [-0.25, -0.2) is 4.98 Å². The van der Waals surface area contributed by atoms with Crippen molar-refractivity contribution in [3.63, 3.8) is 0 Å². The highest BCUT2D eigenvalue weighted by molar-refractivity contribution is 6.19. The van der Waals surface area contributed by atoms with Crippen molar-refractivity contribution in [1.82, 2.24) is 4.98 Å². The molecule has 1 heterocycles. The zero-order valence-electron chi connectivity index (χ0n) is 9.11. The quantitative estimate of drug-likeness (QED) is 0.766. The van der Waals surface area contributed by atoms with Crippen LogP contribution in [0.2, 0.25) is 0 Å². The monoisotopic (exact) mass is 237 g/mol. The number of rotatable bonds is 3. The van der Waals surface area contributed by atoms with Gasteiger partial charge in [0, 0.05) is 12.7 Å². The Balaban J connectivity index is 2.38. The van der Waals surface area contributed by atoms with Gasteiger partial charge in [0.2, 0.25) is 5.89 Å². The average Bonchev–Trinajstić information content (AvgIpc) is 2.71. The van der Waals surface area contributed by atoms with Crippen molar-refractivity contribution in [2.75, 3.05) is 7.11 Å². The molecule has 1 unspecified atom stereocenters. The van der Waals surface area contributed by atoms with E-state index in [0.29, 0.717) is 17.3 Å². The van der Waals surface area contributed by atoms with Crippen LogP contribution in [0, 0.1) is 6.92 Å². The molecule has 0 bridgehead atoms. The summed E-state index contributed by atoms with van der Waals surface area (Å²) < 4.78 is 10.6. The average molecular weight is 238 g/mol. The molecule has 84 valence electrons. The number of halogens is 1. The highest BCUT2D eigenvalue weighted by atomic mass is 35.5. The Morgan fingerprint density at radius 2 is 2.00 bits per heavy atom. The second-order valence-electron chi connectivity index (χ2n) is 3.38. The second-order valence-corrected chi connectivity index (χ2v) is 3.77. The van der Waals surface area contributed by atoms with Crippen LogP contribution in [0.4, 0.5) is 0 Å². The third-order valence-corrected chi connectivity index (χ3v) is 2.66. The van der Waals surface area contributed by atoms with Crippen LogP contribution in [0.25, 0.3) is 11.5 Å². The van der Waals surface area contributed by atoms with Gasteiger partial charge in [-0.15, -0.1) is 0 Å². The highest BCUT2D eigenvalue weighted by Gasteiger charge is 2.17. The largest absolute Gasteiger partial charge is 0.441 e. The summed E-state index contributed by atoms with van der Waals surface area (Å²) in [6.07, 6.45) is 0.